The van der Waals surface area contributed by atoms with Crippen molar-refractivity contribution in [3.8, 4) is 11.8 Å². The van der Waals surface area contributed by atoms with Gasteiger partial charge in [0.1, 0.15) is 23.7 Å². The van der Waals surface area contributed by atoms with Crippen molar-refractivity contribution in [3.63, 3.8) is 0 Å². The summed E-state index contributed by atoms with van der Waals surface area (Å²) in [6.07, 6.45) is 3.32. The number of ether oxygens (including phenoxy) is 2. The molecule has 180 valence electrons. The van der Waals surface area contributed by atoms with E-state index >= 15 is 0 Å². The number of methoxy groups -OCH3 is 1. The molecule has 2 heterocycles. The molecule has 2 aliphatic rings. The van der Waals surface area contributed by atoms with Crippen LogP contribution in [0.2, 0.25) is 0 Å². The molecule has 1 unspecified atom stereocenters. The van der Waals surface area contributed by atoms with E-state index in [1.54, 1.807) is 7.11 Å². The van der Waals surface area contributed by atoms with E-state index in [9.17, 15) is 10.1 Å². The van der Waals surface area contributed by atoms with Gasteiger partial charge in [0.05, 0.1) is 24.3 Å². The monoisotopic (exact) mass is 462 g/mol. The molecule has 1 saturated carbocycles. The molecular weight excluding hydrogens is 428 g/mol. The van der Waals surface area contributed by atoms with Crippen LogP contribution >= 0.6 is 0 Å². The normalized spacial score (nSPS) is 18.9. The highest BCUT2D eigenvalue weighted by Crippen LogP contribution is 2.46. The number of amides is 1. The lowest BCUT2D eigenvalue weighted by molar-refractivity contribution is -0.134. The number of rotatable bonds is 9. The molecule has 2 aromatic rings. The zero-order valence-electron chi connectivity index (χ0n) is 20.4. The molecule has 1 aromatic carbocycles. The van der Waals surface area contributed by atoms with Crippen molar-refractivity contribution in [2.75, 3.05) is 38.3 Å². The van der Waals surface area contributed by atoms with Gasteiger partial charge in [-0.1, -0.05) is 37.3 Å². The molecule has 7 heteroatoms. The fourth-order valence-electron chi connectivity index (χ4n) is 4.63. The topological polar surface area (TPSA) is 78.7 Å². The molecule has 0 N–H and O–H groups in total. The summed E-state index contributed by atoms with van der Waals surface area (Å²) >= 11 is 0. The first kappa shape index (κ1) is 24.0. The summed E-state index contributed by atoms with van der Waals surface area (Å²) in [7, 11) is 1.61. The van der Waals surface area contributed by atoms with Crippen molar-refractivity contribution in [2.24, 2.45) is 0 Å². The second-order valence-electron chi connectivity index (χ2n) is 9.18. The van der Waals surface area contributed by atoms with Crippen LogP contribution in [-0.4, -0.2) is 55.2 Å². The van der Waals surface area contributed by atoms with Crippen molar-refractivity contribution >= 4 is 11.7 Å². The van der Waals surface area contributed by atoms with Crippen molar-refractivity contribution in [1.82, 2.24) is 9.88 Å². The van der Waals surface area contributed by atoms with Gasteiger partial charge in [0.15, 0.2) is 0 Å². The predicted octanol–water partition coefficient (Wildman–Crippen LogP) is 4.43. The van der Waals surface area contributed by atoms with Gasteiger partial charge in [0.25, 0.3) is 0 Å². The highest BCUT2D eigenvalue weighted by Gasteiger charge is 2.34. The van der Waals surface area contributed by atoms with E-state index in [0.717, 1.165) is 36.3 Å². The number of pyridine rings is 1. The van der Waals surface area contributed by atoms with Gasteiger partial charge in [-0.2, -0.15) is 5.26 Å². The van der Waals surface area contributed by atoms with Crippen LogP contribution in [0.3, 0.4) is 0 Å². The first-order chi connectivity index (χ1) is 16.5. The van der Waals surface area contributed by atoms with Gasteiger partial charge >= 0.3 is 0 Å². The fourth-order valence-corrected chi connectivity index (χ4v) is 4.63. The molecule has 0 bridgehead atoms. The Labute approximate surface area is 202 Å². The fraction of sp³-hybridized carbons (Fsp3) is 0.519. The van der Waals surface area contributed by atoms with Crippen molar-refractivity contribution in [2.45, 2.75) is 57.6 Å². The number of benzene rings is 1. The van der Waals surface area contributed by atoms with E-state index in [1.807, 2.05) is 36.1 Å². The summed E-state index contributed by atoms with van der Waals surface area (Å²) in [5.41, 5.74) is 2.60. The lowest BCUT2D eigenvalue weighted by Crippen LogP contribution is -2.54. The second kappa shape index (κ2) is 10.9. The third kappa shape index (κ3) is 5.34. The van der Waals surface area contributed by atoms with Gasteiger partial charge in [-0.25, -0.2) is 4.98 Å². The van der Waals surface area contributed by atoms with E-state index < -0.39 is 0 Å². The zero-order valence-corrected chi connectivity index (χ0v) is 20.4. The molecule has 2 atom stereocenters. The van der Waals surface area contributed by atoms with Crippen molar-refractivity contribution in [3.05, 3.63) is 53.2 Å². The SMILES string of the molecule is CCC(Oc1cc(C#N)c(N2CCN(C(=O)CCOC)[C@H](C)C2)nc1C1CC1)c1ccccc1. The molecule has 1 amide bonds. The molecule has 2 fully saturated rings. The molecule has 1 aromatic heterocycles. The Kier molecular flexibility index (Phi) is 7.69. The first-order valence-corrected chi connectivity index (χ1v) is 12.3. The lowest BCUT2D eigenvalue weighted by Gasteiger charge is -2.41. The second-order valence-corrected chi connectivity index (χ2v) is 9.18. The summed E-state index contributed by atoms with van der Waals surface area (Å²) in [4.78, 5) is 21.6. The summed E-state index contributed by atoms with van der Waals surface area (Å²) < 4.78 is 11.5. The molecule has 0 radical (unpaired) electrons. The Balaban J connectivity index is 1.57. The number of carbonyl (C=O) groups excluding carboxylic acids is 1. The number of piperazine rings is 1. The van der Waals surface area contributed by atoms with E-state index in [0.29, 0.717) is 50.0 Å². The largest absolute Gasteiger partial charge is 0.484 e. The van der Waals surface area contributed by atoms with Crippen molar-refractivity contribution in [1.29, 1.82) is 5.26 Å². The van der Waals surface area contributed by atoms with E-state index in [2.05, 4.69) is 30.0 Å². The van der Waals surface area contributed by atoms with E-state index in [1.165, 1.54) is 0 Å². The van der Waals surface area contributed by atoms with Crippen LogP contribution < -0.4 is 9.64 Å². The Bertz CT molecular complexity index is 1030. The Morgan fingerprint density at radius 1 is 1.26 bits per heavy atom. The molecule has 1 aliphatic heterocycles. The number of hydrogen-bond donors (Lipinski definition) is 0. The van der Waals surface area contributed by atoms with Gasteiger partial charge in [0.2, 0.25) is 5.91 Å². The molecule has 7 nitrogen and oxygen atoms in total. The molecule has 4 rings (SSSR count). The molecule has 34 heavy (non-hydrogen) atoms. The first-order valence-electron chi connectivity index (χ1n) is 12.3. The van der Waals surface area contributed by atoms with Gasteiger partial charge in [0, 0.05) is 44.8 Å². The summed E-state index contributed by atoms with van der Waals surface area (Å²) in [6.45, 7) is 6.49. The molecule has 0 spiro atoms. The predicted molar refractivity (Wildman–Crippen MR) is 131 cm³/mol. The Hall–Kier alpha value is -3.11. The van der Waals surface area contributed by atoms with Crippen LogP contribution in [0.25, 0.3) is 0 Å². The van der Waals surface area contributed by atoms with Gasteiger partial charge in [-0.15, -0.1) is 0 Å². The highest BCUT2D eigenvalue weighted by molar-refractivity contribution is 5.77. The minimum absolute atomic E-state index is 0.0364. The molecule has 1 aliphatic carbocycles. The number of aromatic nitrogens is 1. The molecular formula is C27H34N4O3. The zero-order chi connectivity index (χ0) is 24.1. The molecule has 1 saturated heterocycles. The van der Waals surface area contributed by atoms with Gasteiger partial charge in [-0.3, -0.25) is 4.79 Å². The standard InChI is InChI=1S/C27H34N4O3/c1-4-23(20-8-6-5-7-9-20)34-24-16-22(17-28)27(29-26(24)21-10-11-21)30-13-14-31(19(2)18-30)25(32)12-15-33-3/h5-9,16,19,21,23H,4,10-15,18H2,1-3H3/t19-,23?/m1/s1. The minimum Gasteiger partial charge on any atom is -0.484 e. The smallest absolute Gasteiger partial charge is 0.225 e. The summed E-state index contributed by atoms with van der Waals surface area (Å²) in [5, 5.41) is 9.98. The average molecular weight is 463 g/mol. The van der Waals surface area contributed by atoms with Crippen molar-refractivity contribution < 1.29 is 14.3 Å². The third-order valence-corrected chi connectivity index (χ3v) is 6.66. The number of nitrogens with zero attached hydrogens (tertiary/aromatic N) is 4. The number of nitriles is 1. The summed E-state index contributed by atoms with van der Waals surface area (Å²) in [6, 6.07) is 14.5. The van der Waals surface area contributed by atoms with Crippen LogP contribution in [0.15, 0.2) is 36.4 Å². The van der Waals surface area contributed by atoms with E-state index in [-0.39, 0.29) is 18.1 Å². The minimum atomic E-state index is -0.0837. The Morgan fingerprint density at radius 2 is 2.03 bits per heavy atom. The maximum Gasteiger partial charge on any atom is 0.225 e. The number of hydrogen-bond acceptors (Lipinski definition) is 6. The number of carbonyl (C=O) groups is 1. The van der Waals surface area contributed by atoms with E-state index in [4.69, 9.17) is 14.5 Å². The van der Waals surface area contributed by atoms with Crippen LogP contribution in [0.4, 0.5) is 5.82 Å². The van der Waals surface area contributed by atoms with Crippen LogP contribution in [-0.2, 0) is 9.53 Å². The maximum absolute atomic E-state index is 12.5. The van der Waals surface area contributed by atoms with Gasteiger partial charge in [-0.05, 0) is 31.7 Å². The number of anilines is 1. The van der Waals surface area contributed by atoms with Crippen LogP contribution in [0.5, 0.6) is 5.75 Å². The Morgan fingerprint density at radius 3 is 2.65 bits per heavy atom. The maximum atomic E-state index is 12.5. The van der Waals surface area contributed by atoms with Crippen LogP contribution in [0, 0.1) is 11.3 Å². The lowest BCUT2D eigenvalue weighted by atomic mass is 10.1. The van der Waals surface area contributed by atoms with Gasteiger partial charge < -0.3 is 19.3 Å². The highest BCUT2D eigenvalue weighted by atomic mass is 16.5. The average Bonchev–Trinajstić information content (AvgIpc) is 3.71. The summed E-state index contributed by atoms with van der Waals surface area (Å²) in [5.74, 6) is 1.92. The quantitative estimate of drug-likeness (QED) is 0.548. The van der Waals surface area contributed by atoms with Crippen LogP contribution in [0.1, 0.15) is 68.4 Å². The third-order valence-electron chi connectivity index (χ3n) is 6.66.